The maximum Gasteiger partial charge on any atom is 0.369 e. The van der Waals surface area contributed by atoms with E-state index < -0.39 is 85.3 Å². The van der Waals surface area contributed by atoms with Crippen LogP contribution in [-0.4, -0.2) is 91.6 Å². The SMILES string of the molecule is COC(=O)[C@@]1(O)O[C@@H]([C@H](OC(C)=O)[C@@H](COC(C)=O)OC(C)=O)[C@H](C)[C@@H](OC(C)=O)[C@@H]1OCC#N. The van der Waals surface area contributed by atoms with Crippen LogP contribution < -0.4 is 0 Å². The van der Waals surface area contributed by atoms with Crippen LogP contribution in [0.3, 0.4) is 0 Å². The Labute approximate surface area is 201 Å². The average molecular weight is 503 g/mol. The van der Waals surface area contributed by atoms with Gasteiger partial charge in [0.25, 0.3) is 5.79 Å². The molecule has 0 aromatic rings. The number of methoxy groups -OCH3 is 1. The van der Waals surface area contributed by atoms with Crippen molar-refractivity contribution in [2.75, 3.05) is 20.3 Å². The number of nitriles is 1. The lowest BCUT2D eigenvalue weighted by atomic mass is 9.82. The maximum atomic E-state index is 12.6. The van der Waals surface area contributed by atoms with Crippen LogP contribution in [0, 0.1) is 17.2 Å². The number of hydrogen-bond acceptors (Lipinski definition) is 14. The second-order valence-corrected chi connectivity index (χ2v) is 7.62. The minimum Gasteiger partial charge on any atom is -0.465 e. The Morgan fingerprint density at radius 2 is 1.63 bits per heavy atom. The van der Waals surface area contributed by atoms with Crippen molar-refractivity contribution in [3.63, 3.8) is 0 Å². The van der Waals surface area contributed by atoms with Crippen molar-refractivity contribution in [1.29, 1.82) is 5.26 Å². The summed E-state index contributed by atoms with van der Waals surface area (Å²) < 4.78 is 36.2. The molecule has 0 aromatic carbocycles. The van der Waals surface area contributed by atoms with Gasteiger partial charge < -0.3 is 38.3 Å². The molecule has 0 spiro atoms. The van der Waals surface area contributed by atoms with Crippen LogP contribution in [0.2, 0.25) is 0 Å². The van der Waals surface area contributed by atoms with Gasteiger partial charge in [0.15, 0.2) is 18.3 Å². The number of carbonyl (C=O) groups is 5. The summed E-state index contributed by atoms with van der Waals surface area (Å²) in [5, 5.41) is 20.1. The molecular formula is C21H29NO13. The molecule has 1 aliphatic heterocycles. The molecule has 1 rings (SSSR count). The van der Waals surface area contributed by atoms with Crippen LogP contribution in [0.1, 0.15) is 34.6 Å². The molecule has 0 bridgehead atoms. The summed E-state index contributed by atoms with van der Waals surface area (Å²) >= 11 is 0. The van der Waals surface area contributed by atoms with Gasteiger partial charge >= 0.3 is 29.8 Å². The zero-order chi connectivity index (χ0) is 26.9. The number of rotatable bonds is 10. The van der Waals surface area contributed by atoms with Crippen LogP contribution in [0.15, 0.2) is 0 Å². The van der Waals surface area contributed by atoms with Crippen molar-refractivity contribution in [3.8, 4) is 6.07 Å². The summed E-state index contributed by atoms with van der Waals surface area (Å²) in [5.41, 5.74) is 0. The third-order valence-corrected chi connectivity index (χ3v) is 4.90. The van der Waals surface area contributed by atoms with E-state index >= 15 is 0 Å². The molecule has 0 saturated carbocycles. The normalized spacial score (nSPS) is 27.4. The standard InChI is InChI=1S/C21H29NO13/c1-10-16(18(34-14(5)26)15(32-12(3)24)9-31-11(2)23)35-21(28,20(27)29-6)19(30-8-7-22)17(10)33-13(4)25/h10,15-19,28H,8-9H2,1-6H3/t10-,15+,16+,17+,18+,19-,21-/m0/s1. The molecule has 0 aliphatic carbocycles. The van der Waals surface area contributed by atoms with E-state index in [1.54, 1.807) is 6.07 Å². The number of esters is 5. The summed E-state index contributed by atoms with van der Waals surface area (Å²) in [4.78, 5) is 59.4. The van der Waals surface area contributed by atoms with E-state index in [1.807, 2.05) is 0 Å². The number of aliphatic hydroxyl groups is 1. The molecule has 1 saturated heterocycles. The van der Waals surface area contributed by atoms with Crippen LogP contribution >= 0.6 is 0 Å². The number of ether oxygens (including phenoxy) is 7. The zero-order valence-electron chi connectivity index (χ0n) is 20.2. The van der Waals surface area contributed by atoms with Crippen molar-refractivity contribution in [1.82, 2.24) is 0 Å². The number of hydrogen-bond donors (Lipinski definition) is 1. The highest BCUT2D eigenvalue weighted by Gasteiger charge is 2.63. The Kier molecular flexibility index (Phi) is 11.0. The molecule has 1 aliphatic rings. The molecule has 1 N–H and O–H groups in total. The third-order valence-electron chi connectivity index (χ3n) is 4.90. The smallest absolute Gasteiger partial charge is 0.369 e. The van der Waals surface area contributed by atoms with Gasteiger partial charge in [0.1, 0.15) is 25.4 Å². The van der Waals surface area contributed by atoms with E-state index in [2.05, 4.69) is 4.74 Å². The second kappa shape index (κ2) is 13.0. The highest BCUT2D eigenvalue weighted by Crippen LogP contribution is 2.39. The van der Waals surface area contributed by atoms with Gasteiger partial charge in [-0.3, -0.25) is 19.2 Å². The van der Waals surface area contributed by atoms with E-state index in [4.69, 9.17) is 33.7 Å². The van der Waals surface area contributed by atoms with Gasteiger partial charge in [0, 0.05) is 33.6 Å². The second-order valence-electron chi connectivity index (χ2n) is 7.62. The fraction of sp³-hybridized carbons (Fsp3) is 0.714. The highest BCUT2D eigenvalue weighted by molar-refractivity contribution is 5.79. The van der Waals surface area contributed by atoms with Crippen molar-refractivity contribution in [2.45, 2.75) is 70.9 Å². The third kappa shape index (κ3) is 7.88. The monoisotopic (exact) mass is 503 g/mol. The van der Waals surface area contributed by atoms with Crippen molar-refractivity contribution in [2.24, 2.45) is 5.92 Å². The molecule has 0 amide bonds. The molecular weight excluding hydrogens is 474 g/mol. The quantitative estimate of drug-likeness (QED) is 0.286. The van der Waals surface area contributed by atoms with E-state index in [0.29, 0.717) is 0 Å². The van der Waals surface area contributed by atoms with Crippen LogP contribution in [0.25, 0.3) is 0 Å². The number of nitrogens with zero attached hydrogens (tertiary/aromatic N) is 1. The van der Waals surface area contributed by atoms with Crippen LogP contribution in [0.5, 0.6) is 0 Å². The van der Waals surface area contributed by atoms with Gasteiger partial charge in [-0.05, 0) is 0 Å². The first-order chi connectivity index (χ1) is 16.3. The molecule has 14 heteroatoms. The Hall–Kier alpha value is -3.28. The first kappa shape index (κ1) is 29.8. The first-order valence-corrected chi connectivity index (χ1v) is 10.4. The van der Waals surface area contributed by atoms with E-state index in [9.17, 15) is 29.1 Å². The summed E-state index contributed by atoms with van der Waals surface area (Å²) in [6, 6.07) is 1.67. The summed E-state index contributed by atoms with van der Waals surface area (Å²) in [7, 11) is 0.935. The molecule has 1 fully saturated rings. The summed E-state index contributed by atoms with van der Waals surface area (Å²) in [6.45, 7) is 4.48. The lowest BCUT2D eigenvalue weighted by Gasteiger charge is -2.49. The van der Waals surface area contributed by atoms with Gasteiger partial charge in [-0.1, -0.05) is 6.92 Å². The van der Waals surface area contributed by atoms with Gasteiger partial charge in [0.2, 0.25) is 0 Å². The Morgan fingerprint density at radius 3 is 2.09 bits per heavy atom. The Balaban J connectivity index is 3.64. The summed E-state index contributed by atoms with van der Waals surface area (Å²) in [6.07, 6.45) is -7.70. The van der Waals surface area contributed by atoms with Gasteiger partial charge in [0.05, 0.1) is 13.2 Å². The molecule has 7 atom stereocenters. The van der Waals surface area contributed by atoms with Crippen LogP contribution in [-0.2, 0) is 57.1 Å². The van der Waals surface area contributed by atoms with Gasteiger partial charge in [-0.2, -0.15) is 5.26 Å². The van der Waals surface area contributed by atoms with Crippen LogP contribution in [0.4, 0.5) is 0 Å². The molecule has 0 radical (unpaired) electrons. The molecule has 0 unspecified atom stereocenters. The minimum absolute atomic E-state index is 0.581. The largest absolute Gasteiger partial charge is 0.465 e. The van der Waals surface area contributed by atoms with Gasteiger partial charge in [-0.15, -0.1) is 0 Å². The summed E-state index contributed by atoms with van der Waals surface area (Å²) in [5.74, 6) is -8.62. The van der Waals surface area contributed by atoms with E-state index in [-0.39, 0.29) is 0 Å². The molecule has 0 aromatic heterocycles. The number of carbonyl (C=O) groups excluding carboxylic acids is 5. The fourth-order valence-electron chi connectivity index (χ4n) is 3.59. The highest BCUT2D eigenvalue weighted by atomic mass is 16.7. The topological polar surface area (TPSA) is 194 Å². The lowest BCUT2D eigenvalue weighted by molar-refractivity contribution is -0.347. The van der Waals surface area contributed by atoms with Crippen molar-refractivity contribution in [3.05, 3.63) is 0 Å². The van der Waals surface area contributed by atoms with Gasteiger partial charge in [-0.25, -0.2) is 4.79 Å². The predicted molar refractivity (Wildman–Crippen MR) is 110 cm³/mol. The molecule has 35 heavy (non-hydrogen) atoms. The zero-order valence-corrected chi connectivity index (χ0v) is 20.2. The lowest BCUT2D eigenvalue weighted by Crippen LogP contribution is -2.70. The minimum atomic E-state index is -2.95. The van der Waals surface area contributed by atoms with E-state index in [0.717, 1.165) is 34.8 Å². The average Bonchev–Trinajstić information content (AvgIpc) is 2.75. The Bertz CT molecular complexity index is 853. The molecule has 1 heterocycles. The van der Waals surface area contributed by atoms with E-state index in [1.165, 1.54) is 6.92 Å². The van der Waals surface area contributed by atoms with Crippen molar-refractivity contribution < 1.29 is 62.2 Å². The molecule has 14 nitrogen and oxygen atoms in total. The first-order valence-electron chi connectivity index (χ1n) is 10.4. The Morgan fingerprint density at radius 1 is 1.03 bits per heavy atom. The van der Waals surface area contributed by atoms with Crippen molar-refractivity contribution >= 4 is 29.8 Å². The predicted octanol–water partition coefficient (Wildman–Crippen LogP) is -0.850. The maximum absolute atomic E-state index is 12.6. The molecule has 196 valence electrons. The fourth-order valence-corrected chi connectivity index (χ4v) is 3.59.